The lowest BCUT2D eigenvalue weighted by Crippen LogP contribution is -2.44. The first kappa shape index (κ1) is 20.8. The maximum atomic E-state index is 13.4. The number of aromatic nitrogens is 2. The molecule has 0 saturated heterocycles. The Labute approximate surface area is 185 Å². The van der Waals surface area contributed by atoms with Gasteiger partial charge >= 0.3 is 5.97 Å². The van der Waals surface area contributed by atoms with Crippen LogP contribution < -0.4 is 5.56 Å². The van der Waals surface area contributed by atoms with Crippen LogP contribution in [-0.2, 0) is 28.3 Å². The first-order chi connectivity index (χ1) is 15.1. The molecule has 3 aromatic rings. The number of fused-ring (bicyclic) bond motifs is 5. The number of carbonyl (C=O) groups excluding carboxylic acids is 1. The quantitative estimate of drug-likeness (QED) is 0.369. The highest BCUT2D eigenvalue weighted by Crippen LogP contribution is 2.40. The molecule has 164 valence electrons. The topological polar surface area (TPSA) is 102 Å². The van der Waals surface area contributed by atoms with Gasteiger partial charge in [0, 0.05) is 16.5 Å². The molecule has 2 aliphatic rings. The Morgan fingerprint density at radius 3 is 2.72 bits per heavy atom. The van der Waals surface area contributed by atoms with Gasteiger partial charge in [-0.1, -0.05) is 36.9 Å². The van der Waals surface area contributed by atoms with Crippen molar-refractivity contribution in [1.82, 2.24) is 9.55 Å². The molecule has 2 N–H and O–H groups in total. The van der Waals surface area contributed by atoms with E-state index in [0.29, 0.717) is 29.1 Å². The Morgan fingerprint density at radius 2 is 2.00 bits per heavy atom. The van der Waals surface area contributed by atoms with Gasteiger partial charge < -0.3 is 19.2 Å². The van der Waals surface area contributed by atoms with Gasteiger partial charge in [-0.05, 0) is 37.2 Å². The van der Waals surface area contributed by atoms with E-state index in [9.17, 15) is 19.5 Å². The number of nitrogens with zero attached hydrogens (tertiary/aromatic N) is 2. The molecule has 0 spiro atoms. The summed E-state index contributed by atoms with van der Waals surface area (Å²) in [5.41, 5.74) is 4.12. The van der Waals surface area contributed by atoms with E-state index in [1.807, 2.05) is 49.1 Å². The number of pyridine rings is 2. The zero-order valence-corrected chi connectivity index (χ0v) is 19.2. The van der Waals surface area contributed by atoms with Crippen LogP contribution in [0, 0.1) is 0 Å². The number of hydrogen-bond donors (Lipinski definition) is 2. The summed E-state index contributed by atoms with van der Waals surface area (Å²) in [7, 11) is -2.46. The maximum absolute atomic E-state index is 13.4. The fourth-order valence-electron chi connectivity index (χ4n) is 4.54. The van der Waals surface area contributed by atoms with Crippen molar-refractivity contribution in [1.29, 1.82) is 0 Å². The normalized spacial score (nSPS) is 19.7. The SMILES string of the molecule is CC[C@@]1(O)C(=O)OCc2c1cc1n(c2=O)Cc2c-1nc1ccccc1c2/C=C/[Si](C)(C)O. The molecular weight excluding hydrogens is 424 g/mol. The number of carbonyl (C=O) groups is 1. The van der Waals surface area contributed by atoms with Gasteiger partial charge in [0.2, 0.25) is 8.32 Å². The largest absolute Gasteiger partial charge is 0.458 e. The average Bonchev–Trinajstić information content (AvgIpc) is 3.12. The lowest BCUT2D eigenvalue weighted by atomic mass is 9.86. The van der Waals surface area contributed by atoms with Crippen LogP contribution in [0.3, 0.4) is 0 Å². The van der Waals surface area contributed by atoms with E-state index >= 15 is 0 Å². The highest BCUT2D eigenvalue weighted by Gasteiger charge is 2.45. The van der Waals surface area contributed by atoms with Crippen LogP contribution in [0.2, 0.25) is 13.1 Å². The first-order valence-electron chi connectivity index (χ1n) is 10.6. The molecule has 2 aromatic heterocycles. The predicted octanol–water partition coefficient (Wildman–Crippen LogP) is 2.83. The van der Waals surface area contributed by atoms with Crippen molar-refractivity contribution in [3.8, 4) is 11.4 Å². The fraction of sp³-hybridized carbons (Fsp3) is 0.292. The van der Waals surface area contributed by atoms with Gasteiger partial charge in [-0.3, -0.25) is 4.79 Å². The number of aliphatic hydroxyl groups is 1. The van der Waals surface area contributed by atoms with Crippen molar-refractivity contribution in [2.24, 2.45) is 0 Å². The molecule has 0 aliphatic carbocycles. The first-order valence-corrected chi connectivity index (χ1v) is 13.7. The summed E-state index contributed by atoms with van der Waals surface area (Å²) < 4.78 is 6.77. The second kappa shape index (κ2) is 6.96. The minimum Gasteiger partial charge on any atom is -0.458 e. The van der Waals surface area contributed by atoms with E-state index in [4.69, 9.17) is 9.72 Å². The van der Waals surface area contributed by atoms with Crippen LogP contribution in [0.15, 0.2) is 40.8 Å². The Kier molecular flexibility index (Phi) is 4.53. The number of cyclic esters (lactones) is 1. The number of esters is 1. The monoisotopic (exact) mass is 448 g/mol. The van der Waals surface area contributed by atoms with Crippen molar-refractivity contribution in [2.45, 2.75) is 45.2 Å². The molecule has 5 rings (SSSR count). The zero-order valence-electron chi connectivity index (χ0n) is 18.2. The third-order valence-corrected chi connectivity index (χ3v) is 7.28. The minimum atomic E-state index is -2.46. The lowest BCUT2D eigenvalue weighted by Gasteiger charge is -2.31. The highest BCUT2D eigenvalue weighted by atomic mass is 28.4. The van der Waals surface area contributed by atoms with Gasteiger partial charge in [-0.15, -0.1) is 0 Å². The van der Waals surface area contributed by atoms with Crippen LogP contribution in [0.25, 0.3) is 28.4 Å². The number of rotatable bonds is 3. The van der Waals surface area contributed by atoms with Crippen LogP contribution in [-0.4, -0.2) is 33.7 Å². The molecule has 1 atom stereocenters. The van der Waals surface area contributed by atoms with Crippen LogP contribution in [0.4, 0.5) is 0 Å². The lowest BCUT2D eigenvalue weighted by molar-refractivity contribution is -0.172. The molecule has 0 amide bonds. The molecule has 2 aliphatic heterocycles. The number of para-hydroxylation sites is 1. The van der Waals surface area contributed by atoms with Crippen molar-refractivity contribution in [2.75, 3.05) is 0 Å². The van der Waals surface area contributed by atoms with E-state index in [1.54, 1.807) is 17.6 Å². The predicted molar refractivity (Wildman–Crippen MR) is 123 cm³/mol. The summed E-state index contributed by atoms with van der Waals surface area (Å²) in [6, 6.07) is 9.44. The Morgan fingerprint density at radius 1 is 1.25 bits per heavy atom. The highest BCUT2D eigenvalue weighted by molar-refractivity contribution is 6.75. The Hall–Kier alpha value is -3.07. The van der Waals surface area contributed by atoms with E-state index in [-0.39, 0.29) is 18.6 Å². The van der Waals surface area contributed by atoms with Crippen molar-refractivity contribution in [3.63, 3.8) is 0 Å². The molecule has 1 aromatic carbocycles. The minimum absolute atomic E-state index is 0.101. The van der Waals surface area contributed by atoms with Crippen LogP contribution >= 0.6 is 0 Å². The summed E-state index contributed by atoms with van der Waals surface area (Å²) in [5.74, 6) is -0.736. The summed E-state index contributed by atoms with van der Waals surface area (Å²) >= 11 is 0. The van der Waals surface area contributed by atoms with Crippen molar-refractivity contribution in [3.05, 3.63) is 68.6 Å². The number of ether oxygens (including phenoxy) is 1. The molecule has 0 saturated carbocycles. The zero-order chi connectivity index (χ0) is 22.8. The standard InChI is InChI=1S/C24H24N2O5Si/c1-4-24(29)18-11-20-21-16(12-26(20)22(27)17(18)13-31-23(24)28)14(9-10-32(2,3)30)15-7-5-6-8-19(15)25-21/h5-11,29-30H,4,12-13H2,1-3H3/b10-9+/t24-/m0/s1. The molecule has 0 bridgehead atoms. The van der Waals surface area contributed by atoms with Gasteiger partial charge in [-0.25, -0.2) is 9.78 Å². The third-order valence-electron chi connectivity index (χ3n) is 6.30. The van der Waals surface area contributed by atoms with Gasteiger partial charge in [-0.2, -0.15) is 0 Å². The molecule has 0 unspecified atom stereocenters. The summed E-state index contributed by atoms with van der Waals surface area (Å²) in [4.78, 5) is 41.0. The smallest absolute Gasteiger partial charge is 0.343 e. The number of hydrogen-bond acceptors (Lipinski definition) is 6. The third kappa shape index (κ3) is 2.98. The molecule has 0 radical (unpaired) electrons. The van der Waals surface area contributed by atoms with E-state index in [2.05, 4.69) is 0 Å². The summed E-state index contributed by atoms with van der Waals surface area (Å²) in [6.07, 6.45) is 2.03. The molecule has 4 heterocycles. The summed E-state index contributed by atoms with van der Waals surface area (Å²) in [6.45, 7) is 5.52. The number of benzene rings is 1. The molecule has 7 nitrogen and oxygen atoms in total. The van der Waals surface area contributed by atoms with Gasteiger partial charge in [0.25, 0.3) is 5.56 Å². The Balaban J connectivity index is 1.81. The fourth-order valence-corrected chi connectivity index (χ4v) is 5.11. The average molecular weight is 449 g/mol. The van der Waals surface area contributed by atoms with Crippen LogP contribution in [0.1, 0.15) is 35.6 Å². The van der Waals surface area contributed by atoms with Crippen LogP contribution in [0.5, 0.6) is 0 Å². The molecular formula is C24H24N2O5Si. The van der Waals surface area contributed by atoms with Gasteiger partial charge in [0.1, 0.15) is 6.61 Å². The maximum Gasteiger partial charge on any atom is 0.343 e. The van der Waals surface area contributed by atoms with E-state index in [0.717, 1.165) is 22.0 Å². The van der Waals surface area contributed by atoms with E-state index < -0.39 is 19.9 Å². The van der Waals surface area contributed by atoms with Crippen molar-refractivity contribution >= 4 is 31.3 Å². The summed E-state index contributed by atoms with van der Waals surface area (Å²) in [5, 5.41) is 12.0. The van der Waals surface area contributed by atoms with Gasteiger partial charge in [0.15, 0.2) is 5.60 Å². The second-order valence-electron chi connectivity index (χ2n) is 8.96. The second-order valence-corrected chi connectivity index (χ2v) is 12.6. The van der Waals surface area contributed by atoms with Gasteiger partial charge in [0.05, 0.1) is 29.0 Å². The molecule has 32 heavy (non-hydrogen) atoms. The van der Waals surface area contributed by atoms with E-state index in [1.165, 1.54) is 0 Å². The van der Waals surface area contributed by atoms with Crippen molar-refractivity contribution < 1.29 is 19.4 Å². The molecule has 0 fully saturated rings. The molecule has 8 heteroatoms. The Bertz CT molecular complexity index is 1390.